The van der Waals surface area contributed by atoms with Gasteiger partial charge in [-0.2, -0.15) is 48.3 Å². The summed E-state index contributed by atoms with van der Waals surface area (Å²) in [5.41, 5.74) is 0. The third-order valence-corrected chi connectivity index (χ3v) is 4.64. The van der Waals surface area contributed by atoms with E-state index < -0.39 is 60.6 Å². The van der Waals surface area contributed by atoms with E-state index in [-0.39, 0.29) is 6.08 Å². The first-order valence-electron chi connectivity index (χ1n) is 8.19. The Morgan fingerprint density at radius 1 is 0.724 bits per heavy atom. The van der Waals surface area contributed by atoms with Crippen molar-refractivity contribution in [2.75, 3.05) is 6.61 Å². The molecule has 29 heavy (non-hydrogen) atoms. The molecule has 0 spiro atoms. The van der Waals surface area contributed by atoms with Crippen LogP contribution in [-0.2, 0) is 9.47 Å². The average molecular weight is 454 g/mol. The number of hydrogen-bond donors (Lipinski definition) is 0. The second-order valence-electron chi connectivity index (χ2n) is 6.68. The van der Waals surface area contributed by atoms with Gasteiger partial charge in [0.15, 0.2) is 5.83 Å². The predicted molar refractivity (Wildman–Crippen MR) is 71.9 cm³/mol. The van der Waals surface area contributed by atoms with Gasteiger partial charge in [-0.3, -0.25) is 0 Å². The Bertz CT molecular complexity index is 627. The van der Waals surface area contributed by atoms with Crippen molar-refractivity contribution in [3.8, 4) is 0 Å². The molecule has 1 aliphatic heterocycles. The fourth-order valence-corrected chi connectivity index (χ4v) is 2.97. The van der Waals surface area contributed by atoms with E-state index in [0.29, 0.717) is 19.3 Å². The number of halogens is 12. The summed E-state index contributed by atoms with van der Waals surface area (Å²) in [6.07, 6.45) is -8.43. The normalized spacial score (nSPS) is 28.3. The molecule has 0 aromatic carbocycles. The molecule has 2 fully saturated rings. The molecule has 14 heteroatoms. The molecule has 0 aromatic heterocycles. The number of alkyl halides is 11. The van der Waals surface area contributed by atoms with Gasteiger partial charge in [-0.25, -0.2) is 4.39 Å². The number of hydrogen-bond acceptors (Lipinski definition) is 2. The highest BCUT2D eigenvalue weighted by Gasteiger charge is 2.87. The SMILES string of the molecule is F/C(=C\[C@@H]1CO[C@H]2CCCC[C@@H]2O1)C(F)(F)C(F)(F)C(F)(F)C(F)(F)C(F)(F)F. The summed E-state index contributed by atoms with van der Waals surface area (Å²) in [5, 5.41) is 0. The molecule has 0 radical (unpaired) electrons. The van der Waals surface area contributed by atoms with Gasteiger partial charge in [0.1, 0.15) is 6.10 Å². The first-order valence-corrected chi connectivity index (χ1v) is 8.19. The summed E-state index contributed by atoms with van der Waals surface area (Å²) in [6, 6.07) is 0. The minimum absolute atomic E-state index is 0.346. The van der Waals surface area contributed by atoms with Crippen LogP contribution in [0.3, 0.4) is 0 Å². The molecule has 0 amide bonds. The van der Waals surface area contributed by atoms with Crippen LogP contribution in [0.25, 0.3) is 0 Å². The Hall–Kier alpha value is -1.18. The summed E-state index contributed by atoms with van der Waals surface area (Å²) < 4.78 is 166. The van der Waals surface area contributed by atoms with E-state index in [9.17, 15) is 52.7 Å². The zero-order valence-corrected chi connectivity index (χ0v) is 14.2. The van der Waals surface area contributed by atoms with E-state index in [1.54, 1.807) is 0 Å². The van der Waals surface area contributed by atoms with Crippen LogP contribution in [0, 0.1) is 0 Å². The molecular formula is C15H14F12O2. The first kappa shape index (κ1) is 24.1. The van der Waals surface area contributed by atoms with Crippen molar-refractivity contribution in [1.29, 1.82) is 0 Å². The lowest BCUT2D eigenvalue weighted by molar-refractivity contribution is -0.419. The lowest BCUT2D eigenvalue weighted by Crippen LogP contribution is -2.66. The van der Waals surface area contributed by atoms with E-state index >= 15 is 0 Å². The third-order valence-electron chi connectivity index (χ3n) is 4.64. The monoisotopic (exact) mass is 454 g/mol. The highest BCUT2D eigenvalue weighted by atomic mass is 19.4. The fraction of sp³-hybridized carbons (Fsp3) is 0.867. The number of rotatable bonds is 5. The van der Waals surface area contributed by atoms with Crippen molar-refractivity contribution in [3.63, 3.8) is 0 Å². The summed E-state index contributed by atoms with van der Waals surface area (Å²) in [6.45, 7) is -0.634. The third kappa shape index (κ3) is 3.93. The van der Waals surface area contributed by atoms with Crippen molar-refractivity contribution >= 4 is 0 Å². The van der Waals surface area contributed by atoms with Gasteiger partial charge in [0.2, 0.25) is 0 Å². The van der Waals surface area contributed by atoms with Gasteiger partial charge in [-0.15, -0.1) is 0 Å². The minimum Gasteiger partial charge on any atom is -0.372 e. The van der Waals surface area contributed by atoms with Crippen LogP contribution in [0.4, 0.5) is 52.7 Å². The topological polar surface area (TPSA) is 18.5 Å². The van der Waals surface area contributed by atoms with E-state index in [0.717, 1.165) is 6.42 Å². The minimum atomic E-state index is -7.66. The van der Waals surface area contributed by atoms with Crippen LogP contribution in [-0.4, -0.2) is 54.8 Å². The molecule has 0 bridgehead atoms. The zero-order chi connectivity index (χ0) is 22.5. The molecule has 1 heterocycles. The fourth-order valence-electron chi connectivity index (χ4n) is 2.97. The Morgan fingerprint density at radius 3 is 1.76 bits per heavy atom. The molecule has 2 nitrogen and oxygen atoms in total. The number of fused-ring (bicyclic) bond motifs is 1. The molecule has 0 aromatic rings. The Kier molecular flexibility index (Phi) is 6.23. The van der Waals surface area contributed by atoms with Gasteiger partial charge in [-0.1, -0.05) is 12.8 Å². The average Bonchev–Trinajstić information content (AvgIpc) is 2.60. The zero-order valence-electron chi connectivity index (χ0n) is 14.2. The molecule has 1 saturated heterocycles. The van der Waals surface area contributed by atoms with Gasteiger partial charge in [0, 0.05) is 0 Å². The van der Waals surface area contributed by atoms with Crippen LogP contribution in [0.1, 0.15) is 25.7 Å². The molecule has 0 N–H and O–H groups in total. The smallest absolute Gasteiger partial charge is 0.372 e. The second kappa shape index (κ2) is 7.50. The van der Waals surface area contributed by atoms with Gasteiger partial charge < -0.3 is 9.47 Å². The molecule has 2 aliphatic rings. The van der Waals surface area contributed by atoms with Gasteiger partial charge in [0.05, 0.1) is 18.8 Å². The van der Waals surface area contributed by atoms with Crippen molar-refractivity contribution in [2.45, 2.75) is 73.9 Å². The second-order valence-corrected chi connectivity index (χ2v) is 6.68. The number of ether oxygens (including phenoxy) is 2. The van der Waals surface area contributed by atoms with Crippen LogP contribution >= 0.6 is 0 Å². The largest absolute Gasteiger partial charge is 0.460 e. The van der Waals surface area contributed by atoms with Gasteiger partial charge >= 0.3 is 29.9 Å². The van der Waals surface area contributed by atoms with Gasteiger partial charge in [-0.05, 0) is 18.9 Å². The lowest BCUT2D eigenvalue weighted by Gasteiger charge is -2.39. The summed E-state index contributed by atoms with van der Waals surface area (Å²) in [5.74, 6) is -32.7. The predicted octanol–water partition coefficient (Wildman–Crippen LogP) is 5.67. The Morgan fingerprint density at radius 2 is 1.24 bits per heavy atom. The molecular weight excluding hydrogens is 440 g/mol. The maximum absolute atomic E-state index is 13.7. The lowest BCUT2D eigenvalue weighted by atomic mass is 9.93. The van der Waals surface area contributed by atoms with E-state index in [1.165, 1.54) is 0 Å². The maximum atomic E-state index is 13.7. The standard InChI is InChI=1S/C15H14F12O2/c16-10(5-7-6-28-8-3-1-2-4-9(8)29-7)11(17,18)12(19,20)13(21,22)14(23,24)15(25,26)27/h5,7-9H,1-4,6H2/b10-5-/t7-,8+,9+/m1/s1. The first-order chi connectivity index (χ1) is 13.0. The summed E-state index contributed by atoms with van der Waals surface area (Å²) in [7, 11) is 0. The Balaban J connectivity index is 2.28. The van der Waals surface area contributed by atoms with Crippen molar-refractivity contribution in [3.05, 3.63) is 11.9 Å². The van der Waals surface area contributed by atoms with Crippen LogP contribution < -0.4 is 0 Å². The van der Waals surface area contributed by atoms with E-state index in [2.05, 4.69) is 0 Å². The van der Waals surface area contributed by atoms with Crippen molar-refractivity contribution in [2.24, 2.45) is 0 Å². The molecule has 3 atom stereocenters. The highest BCUT2D eigenvalue weighted by Crippen LogP contribution is 2.58. The van der Waals surface area contributed by atoms with Gasteiger partial charge in [0.25, 0.3) is 0 Å². The molecule has 1 saturated carbocycles. The van der Waals surface area contributed by atoms with E-state index in [1.807, 2.05) is 0 Å². The van der Waals surface area contributed by atoms with Crippen molar-refractivity contribution in [1.82, 2.24) is 0 Å². The van der Waals surface area contributed by atoms with Crippen LogP contribution in [0.5, 0.6) is 0 Å². The van der Waals surface area contributed by atoms with Crippen LogP contribution in [0.2, 0.25) is 0 Å². The summed E-state index contributed by atoms with van der Waals surface area (Å²) in [4.78, 5) is 0. The molecule has 2 rings (SSSR count). The van der Waals surface area contributed by atoms with Crippen molar-refractivity contribution < 1.29 is 62.2 Å². The highest BCUT2D eigenvalue weighted by molar-refractivity contribution is 5.18. The van der Waals surface area contributed by atoms with E-state index in [4.69, 9.17) is 9.47 Å². The Labute approximate surface area is 155 Å². The van der Waals surface area contributed by atoms with Crippen LogP contribution in [0.15, 0.2) is 11.9 Å². The quantitative estimate of drug-likeness (QED) is 0.499. The molecule has 170 valence electrons. The molecule has 0 unspecified atom stereocenters. The number of allylic oxidation sites excluding steroid dienone is 1. The maximum Gasteiger partial charge on any atom is 0.460 e. The summed E-state index contributed by atoms with van der Waals surface area (Å²) >= 11 is 0. The molecule has 1 aliphatic carbocycles.